The zero-order valence-electron chi connectivity index (χ0n) is 16.9. The van der Waals surface area contributed by atoms with Crippen LogP contribution in [0.4, 0.5) is 0 Å². The van der Waals surface area contributed by atoms with Gasteiger partial charge >= 0.3 is 0 Å². The van der Waals surface area contributed by atoms with Gasteiger partial charge in [-0.15, -0.1) is 0 Å². The molecule has 1 aromatic heterocycles. The molecule has 0 unspecified atom stereocenters. The first-order valence-electron chi connectivity index (χ1n) is 10.3. The van der Waals surface area contributed by atoms with Gasteiger partial charge in [0.15, 0.2) is 5.89 Å². The molecule has 0 saturated heterocycles. The van der Waals surface area contributed by atoms with E-state index in [1.807, 2.05) is 31.2 Å². The summed E-state index contributed by atoms with van der Waals surface area (Å²) in [5.74, 6) is 7.99. The van der Waals surface area contributed by atoms with Crippen LogP contribution in [0.25, 0.3) is 17.0 Å². The van der Waals surface area contributed by atoms with Crippen LogP contribution in [-0.4, -0.2) is 52.6 Å². The summed E-state index contributed by atoms with van der Waals surface area (Å²) in [5, 5.41) is 1.41. The maximum atomic E-state index is 12.8. The molecule has 1 saturated carbocycles. The Morgan fingerprint density at radius 1 is 1.37 bits per heavy atom. The standard InChI is InChI=1S/C22H24N6O2/c1-14-26-19(12-30-14)17-3-2-4-18-16(17)7-8-27-20(18)9-21(25-11-22(27)29)28(23)13-24-10-15-5-6-15/h2-4,9,12-13,15H,5-8,10-11,23H2,1H3. The Morgan fingerprint density at radius 3 is 2.97 bits per heavy atom. The number of nitrogens with two attached hydrogens (primary N) is 1. The minimum atomic E-state index is -0.0343. The van der Waals surface area contributed by atoms with E-state index in [1.54, 1.807) is 17.5 Å². The lowest BCUT2D eigenvalue weighted by molar-refractivity contribution is -0.126. The lowest BCUT2D eigenvalue weighted by Gasteiger charge is -2.31. The van der Waals surface area contributed by atoms with Crippen molar-refractivity contribution >= 4 is 23.8 Å². The number of hydrogen-bond donors (Lipinski definition) is 1. The Bertz CT molecular complexity index is 1080. The van der Waals surface area contributed by atoms with Gasteiger partial charge in [0.25, 0.3) is 0 Å². The van der Waals surface area contributed by atoms with Crippen molar-refractivity contribution in [1.82, 2.24) is 14.9 Å². The summed E-state index contributed by atoms with van der Waals surface area (Å²) in [6.45, 7) is 3.27. The fourth-order valence-electron chi connectivity index (χ4n) is 3.93. The van der Waals surface area contributed by atoms with Crippen LogP contribution in [0.2, 0.25) is 0 Å². The first-order valence-corrected chi connectivity index (χ1v) is 10.3. The summed E-state index contributed by atoms with van der Waals surface area (Å²) in [6.07, 6.45) is 8.37. The SMILES string of the molecule is Cc1nc(-c2cccc3c2CCN2C(=O)CN=C(N(N)C=NCC4CC4)C=C32)co1. The molecule has 0 radical (unpaired) electrons. The Balaban J connectivity index is 1.52. The molecule has 2 aliphatic heterocycles. The van der Waals surface area contributed by atoms with Gasteiger partial charge in [0.1, 0.15) is 30.7 Å². The van der Waals surface area contributed by atoms with Crippen molar-refractivity contribution in [2.45, 2.75) is 26.2 Å². The van der Waals surface area contributed by atoms with Gasteiger partial charge in [-0.05, 0) is 30.7 Å². The number of fused-ring (bicyclic) bond motifs is 3. The van der Waals surface area contributed by atoms with Crippen LogP contribution >= 0.6 is 0 Å². The van der Waals surface area contributed by atoms with Gasteiger partial charge in [-0.3, -0.25) is 19.8 Å². The highest BCUT2D eigenvalue weighted by atomic mass is 16.3. The number of rotatable bonds is 4. The third-order valence-corrected chi connectivity index (χ3v) is 5.70. The molecule has 3 aliphatic rings. The Morgan fingerprint density at radius 2 is 2.20 bits per heavy atom. The molecule has 8 heteroatoms. The number of hydrazine groups is 1. The zero-order valence-corrected chi connectivity index (χ0v) is 16.9. The first kappa shape index (κ1) is 18.7. The van der Waals surface area contributed by atoms with Crippen molar-refractivity contribution in [2.75, 3.05) is 19.6 Å². The van der Waals surface area contributed by atoms with E-state index in [9.17, 15) is 4.79 Å². The second-order valence-corrected chi connectivity index (χ2v) is 7.91. The number of nitrogens with zero attached hydrogens (tertiary/aromatic N) is 5. The van der Waals surface area contributed by atoms with Crippen LogP contribution in [0.15, 0.2) is 44.9 Å². The number of amidine groups is 1. The number of carbonyl (C=O) groups excluding carboxylic acids is 1. The van der Waals surface area contributed by atoms with Gasteiger partial charge in [-0.25, -0.2) is 10.8 Å². The second-order valence-electron chi connectivity index (χ2n) is 7.91. The highest BCUT2D eigenvalue weighted by Crippen LogP contribution is 2.36. The number of amides is 1. The van der Waals surface area contributed by atoms with Crippen molar-refractivity contribution in [3.05, 3.63) is 47.6 Å². The summed E-state index contributed by atoms with van der Waals surface area (Å²) >= 11 is 0. The predicted octanol–water partition coefficient (Wildman–Crippen LogP) is 2.40. The van der Waals surface area contributed by atoms with E-state index in [0.717, 1.165) is 41.0 Å². The van der Waals surface area contributed by atoms with E-state index in [1.165, 1.54) is 17.9 Å². The number of hydrogen-bond acceptors (Lipinski definition) is 6. The number of carbonyl (C=O) groups is 1. The van der Waals surface area contributed by atoms with Crippen molar-refractivity contribution in [2.24, 2.45) is 21.7 Å². The Labute approximate surface area is 174 Å². The maximum Gasteiger partial charge on any atom is 0.248 e. The molecule has 0 atom stereocenters. The largest absolute Gasteiger partial charge is 0.449 e. The topological polar surface area (TPSA) is 100 Å². The predicted molar refractivity (Wildman–Crippen MR) is 114 cm³/mol. The molecule has 1 fully saturated rings. The van der Waals surface area contributed by atoms with Crippen LogP contribution in [0.5, 0.6) is 0 Å². The molecule has 2 N–H and O–H groups in total. The third kappa shape index (κ3) is 3.54. The average molecular weight is 404 g/mol. The highest BCUT2D eigenvalue weighted by molar-refractivity contribution is 6.08. The molecule has 1 amide bonds. The molecule has 1 aromatic carbocycles. The molecule has 0 spiro atoms. The van der Waals surface area contributed by atoms with E-state index < -0.39 is 0 Å². The van der Waals surface area contributed by atoms with Crippen LogP contribution in [-0.2, 0) is 11.2 Å². The van der Waals surface area contributed by atoms with Crippen molar-refractivity contribution in [3.63, 3.8) is 0 Å². The van der Waals surface area contributed by atoms with Crippen LogP contribution in [0.3, 0.4) is 0 Å². The minimum Gasteiger partial charge on any atom is -0.449 e. The zero-order chi connectivity index (χ0) is 20.7. The van der Waals surface area contributed by atoms with E-state index in [-0.39, 0.29) is 12.5 Å². The van der Waals surface area contributed by atoms with Gasteiger partial charge in [-0.2, -0.15) is 0 Å². The molecule has 5 rings (SSSR count). The van der Waals surface area contributed by atoms with Crippen molar-refractivity contribution in [1.29, 1.82) is 0 Å². The van der Waals surface area contributed by atoms with E-state index >= 15 is 0 Å². The van der Waals surface area contributed by atoms with Gasteiger partial charge < -0.3 is 9.32 Å². The fraction of sp³-hybridized carbons (Fsp3) is 0.364. The summed E-state index contributed by atoms with van der Waals surface area (Å²) in [6, 6.07) is 6.05. The first-order chi connectivity index (χ1) is 14.6. The lowest BCUT2D eigenvalue weighted by atomic mass is 9.90. The summed E-state index contributed by atoms with van der Waals surface area (Å²) < 4.78 is 5.41. The normalized spacial score (nSPS) is 18.6. The van der Waals surface area contributed by atoms with Gasteiger partial charge in [0, 0.05) is 37.2 Å². The monoisotopic (exact) mass is 404 g/mol. The number of benzene rings is 1. The van der Waals surface area contributed by atoms with Crippen molar-refractivity contribution < 1.29 is 9.21 Å². The molecule has 1 aliphatic carbocycles. The summed E-state index contributed by atoms with van der Waals surface area (Å²) in [4.78, 5) is 27.9. The van der Waals surface area contributed by atoms with Crippen molar-refractivity contribution in [3.8, 4) is 11.3 Å². The molecule has 8 nitrogen and oxygen atoms in total. The molecular weight excluding hydrogens is 380 g/mol. The molecular formula is C22H24N6O2. The summed E-state index contributed by atoms with van der Waals surface area (Å²) in [5.41, 5.74) is 4.78. The van der Waals surface area contributed by atoms with Crippen LogP contribution in [0.1, 0.15) is 29.9 Å². The van der Waals surface area contributed by atoms with E-state index in [0.29, 0.717) is 24.2 Å². The molecule has 154 valence electrons. The average Bonchev–Trinajstić information content (AvgIpc) is 3.50. The number of aliphatic imine (C=N–C) groups is 2. The molecule has 30 heavy (non-hydrogen) atoms. The second kappa shape index (κ2) is 7.53. The minimum absolute atomic E-state index is 0.0343. The molecule has 3 heterocycles. The van der Waals surface area contributed by atoms with Crippen LogP contribution in [0, 0.1) is 12.8 Å². The third-order valence-electron chi connectivity index (χ3n) is 5.70. The molecule has 2 aromatic rings. The van der Waals surface area contributed by atoms with E-state index in [4.69, 9.17) is 10.3 Å². The Kier molecular flexibility index (Phi) is 4.71. The van der Waals surface area contributed by atoms with Gasteiger partial charge in [-0.1, -0.05) is 18.2 Å². The Hall–Kier alpha value is -3.26. The maximum absolute atomic E-state index is 12.8. The summed E-state index contributed by atoms with van der Waals surface area (Å²) in [7, 11) is 0. The number of aromatic nitrogens is 1. The van der Waals surface area contributed by atoms with Crippen LogP contribution < -0.4 is 5.84 Å². The van der Waals surface area contributed by atoms with Gasteiger partial charge in [0.2, 0.25) is 5.91 Å². The number of oxazole rings is 1. The van der Waals surface area contributed by atoms with E-state index in [2.05, 4.69) is 15.0 Å². The highest BCUT2D eigenvalue weighted by Gasteiger charge is 2.30. The fourth-order valence-corrected chi connectivity index (χ4v) is 3.93. The quantitative estimate of drug-likeness (QED) is 0.365. The smallest absolute Gasteiger partial charge is 0.248 e. The van der Waals surface area contributed by atoms with Gasteiger partial charge in [0.05, 0.1) is 5.70 Å². The lowest BCUT2D eigenvalue weighted by Crippen LogP contribution is -2.36. The molecule has 0 bridgehead atoms. The number of aryl methyl sites for hydroxylation is 1.